The number of nitrogens with zero attached hydrogens (tertiary/aromatic N) is 4. The van der Waals surface area contributed by atoms with Crippen molar-refractivity contribution in [2.45, 2.75) is 24.5 Å². The third-order valence-corrected chi connectivity index (χ3v) is 8.10. The molecule has 6 rings (SSSR count). The summed E-state index contributed by atoms with van der Waals surface area (Å²) in [5.74, 6) is -3.40. The number of anilines is 1. The quantitative estimate of drug-likeness (QED) is 0.218. The molecule has 0 spiro atoms. The van der Waals surface area contributed by atoms with Crippen molar-refractivity contribution in [2.24, 2.45) is 10.1 Å². The maximum Gasteiger partial charge on any atom is 0.350 e. The first-order valence-corrected chi connectivity index (χ1v) is 14.7. The van der Waals surface area contributed by atoms with E-state index in [9.17, 15) is 22.8 Å². The minimum absolute atomic E-state index is 0.107. The molecule has 0 saturated carbocycles. The zero-order chi connectivity index (χ0) is 31.6. The van der Waals surface area contributed by atoms with E-state index in [4.69, 9.17) is 29.3 Å². The lowest BCUT2D eigenvalue weighted by molar-refractivity contribution is -0.0444. The first-order valence-electron chi connectivity index (χ1n) is 13.4. The van der Waals surface area contributed by atoms with E-state index in [1.165, 1.54) is 36.4 Å². The Labute approximate surface area is 255 Å². The van der Waals surface area contributed by atoms with E-state index in [1.54, 1.807) is 54.6 Å². The molecule has 4 aromatic rings. The second-order valence-corrected chi connectivity index (χ2v) is 11.2. The molecule has 0 unspecified atom stereocenters. The van der Waals surface area contributed by atoms with Crippen LogP contribution in [-0.2, 0) is 29.2 Å². The number of hydrogen-bond donors (Lipinski definition) is 1. The molecule has 1 saturated heterocycles. The zero-order valence-corrected chi connectivity index (χ0v) is 23.9. The highest BCUT2D eigenvalue weighted by molar-refractivity contribution is 7.91. The van der Waals surface area contributed by atoms with Gasteiger partial charge in [-0.2, -0.15) is 12.7 Å². The fraction of sp³-hybridized carbons (Fsp3) is 0.172. The number of esters is 3. The molecule has 0 bridgehead atoms. The van der Waals surface area contributed by atoms with Crippen LogP contribution in [0.15, 0.2) is 100 Å². The molecular weight excluding hydrogens is 610 g/mol. The van der Waals surface area contributed by atoms with Gasteiger partial charge in [-0.15, -0.1) is 4.40 Å². The van der Waals surface area contributed by atoms with Crippen LogP contribution in [0.3, 0.4) is 0 Å². The highest BCUT2D eigenvalue weighted by Gasteiger charge is 2.57. The number of aromatic nitrogens is 2. The van der Waals surface area contributed by atoms with Gasteiger partial charge in [0.15, 0.2) is 30.0 Å². The summed E-state index contributed by atoms with van der Waals surface area (Å²) >= 11 is 0. The molecule has 2 aliphatic rings. The third kappa shape index (κ3) is 5.96. The summed E-state index contributed by atoms with van der Waals surface area (Å²) in [7, 11) is -4.71. The smallest absolute Gasteiger partial charge is 0.350 e. The number of carbonyl (C=O) groups is 3. The zero-order valence-electron chi connectivity index (χ0n) is 23.0. The second kappa shape index (κ2) is 12.2. The van der Waals surface area contributed by atoms with E-state index in [1.807, 2.05) is 0 Å². The highest BCUT2D eigenvalue weighted by atomic mass is 32.2. The van der Waals surface area contributed by atoms with Crippen molar-refractivity contribution in [2.75, 3.05) is 10.9 Å². The maximum absolute atomic E-state index is 13.4. The monoisotopic (exact) mass is 633 g/mol. The highest BCUT2D eigenvalue weighted by Crippen LogP contribution is 2.37. The van der Waals surface area contributed by atoms with Crippen LogP contribution < -0.4 is 10.0 Å². The first kappa shape index (κ1) is 29.5. The molecule has 0 aliphatic carbocycles. The van der Waals surface area contributed by atoms with E-state index in [0.29, 0.717) is 4.31 Å². The van der Waals surface area contributed by atoms with E-state index in [-0.39, 0.29) is 22.4 Å². The first-order chi connectivity index (χ1) is 21.7. The Kier molecular flexibility index (Phi) is 7.97. The Bertz CT molecular complexity index is 1850. The topological polar surface area (TPSA) is 203 Å². The fourth-order valence-electron chi connectivity index (χ4n) is 4.71. The number of amidine groups is 1. The van der Waals surface area contributed by atoms with Gasteiger partial charge >= 0.3 is 28.1 Å². The van der Waals surface area contributed by atoms with E-state index in [0.717, 1.165) is 0 Å². The standard InChI is InChI=1S/C29H23N5O10S/c30-24-21-25(32-44-31-21)34(45(38,39)33-24)26-23(43-29(37)19-14-8-3-9-15-19)22(42-28(36)18-12-6-2-7-13-18)20(41-26)16-40-27(35)17-10-4-1-5-11-17/h1-15,20,22-23,26H,16H2,(H2,30,33)/t20-,22-,23-,26-/m1/s1. The van der Waals surface area contributed by atoms with Gasteiger partial charge in [-0.1, -0.05) is 54.6 Å². The minimum atomic E-state index is -4.71. The van der Waals surface area contributed by atoms with Gasteiger partial charge in [-0.25, -0.2) is 19.0 Å². The van der Waals surface area contributed by atoms with Crippen LogP contribution >= 0.6 is 0 Å². The summed E-state index contributed by atoms with van der Waals surface area (Å²) in [5, 5.41) is 7.27. The molecule has 2 aliphatic heterocycles. The summed E-state index contributed by atoms with van der Waals surface area (Å²) < 4.78 is 58.7. The van der Waals surface area contributed by atoms with Crippen LogP contribution in [0, 0.1) is 0 Å². The average Bonchev–Trinajstić information content (AvgIpc) is 3.66. The summed E-state index contributed by atoms with van der Waals surface area (Å²) in [5.41, 5.74) is 6.01. The number of carbonyl (C=O) groups excluding carboxylic acids is 3. The van der Waals surface area contributed by atoms with Crippen LogP contribution in [-0.4, -0.2) is 73.6 Å². The van der Waals surface area contributed by atoms with E-state index < -0.39 is 70.9 Å². The minimum Gasteiger partial charge on any atom is -0.459 e. The molecule has 15 nitrogen and oxygen atoms in total. The molecule has 3 aromatic carbocycles. The van der Waals surface area contributed by atoms with Gasteiger partial charge in [0.25, 0.3) is 0 Å². The lowest BCUT2D eigenvalue weighted by Gasteiger charge is -2.31. The number of nitrogens with two attached hydrogens (primary N) is 1. The van der Waals surface area contributed by atoms with Gasteiger partial charge in [-0.3, -0.25) is 0 Å². The van der Waals surface area contributed by atoms with Gasteiger partial charge in [0.05, 0.1) is 16.7 Å². The van der Waals surface area contributed by atoms with Crippen molar-refractivity contribution in [3.8, 4) is 0 Å². The molecule has 45 heavy (non-hydrogen) atoms. The molecule has 0 radical (unpaired) electrons. The van der Waals surface area contributed by atoms with E-state index in [2.05, 4.69) is 14.7 Å². The predicted octanol–water partition coefficient (Wildman–Crippen LogP) is 1.87. The Hall–Kier alpha value is -5.61. The molecular formula is C29H23N5O10S. The molecule has 1 fully saturated rings. The van der Waals surface area contributed by atoms with Crippen LogP contribution in [0.1, 0.15) is 36.8 Å². The molecule has 1 aromatic heterocycles. The molecule has 16 heteroatoms. The molecule has 4 atom stereocenters. The van der Waals surface area contributed by atoms with Gasteiger partial charge in [0.1, 0.15) is 12.7 Å². The van der Waals surface area contributed by atoms with Crippen LogP contribution in [0.2, 0.25) is 0 Å². The number of rotatable bonds is 8. The number of ether oxygens (including phenoxy) is 4. The van der Waals surface area contributed by atoms with Gasteiger partial charge in [0.2, 0.25) is 5.82 Å². The van der Waals surface area contributed by atoms with Crippen molar-refractivity contribution in [1.82, 2.24) is 10.3 Å². The van der Waals surface area contributed by atoms with Crippen molar-refractivity contribution in [1.29, 1.82) is 0 Å². The molecule has 230 valence electrons. The predicted molar refractivity (Wildman–Crippen MR) is 153 cm³/mol. The van der Waals surface area contributed by atoms with Gasteiger partial charge < -0.3 is 24.7 Å². The summed E-state index contributed by atoms with van der Waals surface area (Å²) in [6.45, 7) is -0.542. The van der Waals surface area contributed by atoms with Crippen LogP contribution in [0.4, 0.5) is 5.82 Å². The lowest BCUT2D eigenvalue weighted by atomic mass is 10.1. The molecule has 0 amide bonds. The summed E-state index contributed by atoms with van der Waals surface area (Å²) in [6.07, 6.45) is -6.29. The van der Waals surface area contributed by atoms with Crippen LogP contribution in [0.25, 0.3) is 0 Å². The van der Waals surface area contributed by atoms with Gasteiger partial charge in [-0.05, 0) is 46.7 Å². The van der Waals surface area contributed by atoms with Crippen molar-refractivity contribution >= 4 is 39.8 Å². The Morgan fingerprint density at radius 3 is 1.82 bits per heavy atom. The Balaban J connectivity index is 1.40. The summed E-state index contributed by atoms with van der Waals surface area (Å²) in [4.78, 5) is 39.4. The lowest BCUT2D eigenvalue weighted by Crippen LogP contribution is -2.51. The molecule has 3 heterocycles. The Morgan fingerprint density at radius 2 is 1.27 bits per heavy atom. The number of fused-ring (bicyclic) bond motifs is 1. The van der Waals surface area contributed by atoms with Crippen molar-refractivity contribution in [3.05, 3.63) is 113 Å². The van der Waals surface area contributed by atoms with Gasteiger partial charge in [0, 0.05) is 0 Å². The van der Waals surface area contributed by atoms with Crippen molar-refractivity contribution in [3.63, 3.8) is 0 Å². The third-order valence-electron chi connectivity index (χ3n) is 6.79. The average molecular weight is 634 g/mol. The summed E-state index contributed by atoms with van der Waals surface area (Å²) in [6, 6.07) is 23.8. The maximum atomic E-state index is 13.4. The van der Waals surface area contributed by atoms with Crippen molar-refractivity contribution < 1.29 is 46.4 Å². The largest absolute Gasteiger partial charge is 0.459 e. The SMILES string of the molecule is NC1=NS(=O)(=O)N([C@@H]2O[C@H](COC(=O)c3ccccc3)[C@@H](OC(=O)c3ccccc3)[C@H]2OC(=O)c2ccccc2)c2nonc21. The fourth-order valence-corrected chi connectivity index (χ4v) is 5.90. The Morgan fingerprint density at radius 1 is 0.756 bits per heavy atom. The second-order valence-electron chi connectivity index (χ2n) is 9.69. The number of benzene rings is 3. The van der Waals surface area contributed by atoms with E-state index >= 15 is 0 Å². The van der Waals surface area contributed by atoms with Crippen LogP contribution in [0.5, 0.6) is 0 Å². The normalized spacial score (nSPS) is 21.7. The number of hydrogen-bond acceptors (Lipinski definition) is 13. The molecule has 2 N–H and O–H groups in total.